The number of nitrogens with zero attached hydrogens (tertiary/aromatic N) is 3. The smallest absolute Gasteiger partial charge is 0.270 e. The van der Waals surface area contributed by atoms with Crippen LogP contribution in [0.25, 0.3) is 6.08 Å². The third-order valence-corrected chi connectivity index (χ3v) is 8.02. The van der Waals surface area contributed by atoms with Crippen LogP contribution in [0.15, 0.2) is 133 Å². The number of hydrogen-bond acceptors (Lipinski definition) is 4. The van der Waals surface area contributed by atoms with Crippen LogP contribution in [0.5, 0.6) is 5.75 Å². The molecule has 1 heterocycles. The van der Waals surface area contributed by atoms with Gasteiger partial charge in [-0.1, -0.05) is 66.7 Å². The Bertz CT molecular complexity index is 1800. The second kappa shape index (κ2) is 11.4. The first-order chi connectivity index (χ1) is 20.8. The molecule has 1 aliphatic heterocycles. The van der Waals surface area contributed by atoms with Crippen LogP contribution in [-0.4, -0.2) is 20.3 Å². The quantitative estimate of drug-likeness (QED) is 0.116. The van der Waals surface area contributed by atoms with Crippen molar-refractivity contribution < 1.29 is 14.6 Å². The number of phenols is 1. The number of fused-ring (bicyclic) bond motifs is 1. The topological polar surface area (TPSA) is 69.6 Å². The summed E-state index contributed by atoms with van der Waals surface area (Å²) in [5, 5.41) is 22.0. The summed E-state index contributed by atoms with van der Waals surface area (Å²) >= 11 is 0. The summed E-state index contributed by atoms with van der Waals surface area (Å²) < 4.78 is 2.14. The van der Waals surface area contributed by atoms with Gasteiger partial charge in [0.2, 0.25) is 5.69 Å². The molecule has 0 aliphatic carbocycles. The maximum atomic E-state index is 11.4. The van der Waals surface area contributed by atoms with Crippen molar-refractivity contribution in [3.63, 3.8) is 0 Å². The third kappa shape index (κ3) is 5.43. The zero-order valence-corrected chi connectivity index (χ0v) is 24.1. The number of nitro benzene ring substituents is 1. The Morgan fingerprint density at radius 3 is 1.98 bits per heavy atom. The minimum Gasteiger partial charge on any atom is -0.507 e. The Labute approximate surface area is 251 Å². The summed E-state index contributed by atoms with van der Waals surface area (Å²) in [4.78, 5) is 13.2. The van der Waals surface area contributed by atoms with Crippen LogP contribution in [0.4, 0.5) is 28.4 Å². The maximum Gasteiger partial charge on any atom is 0.270 e. The lowest BCUT2D eigenvalue weighted by atomic mass is 9.81. The van der Waals surface area contributed by atoms with Crippen LogP contribution in [0.3, 0.4) is 0 Å². The summed E-state index contributed by atoms with van der Waals surface area (Å²) in [6, 6.07) is 41.4. The molecule has 0 amide bonds. The second-order valence-electron chi connectivity index (χ2n) is 11.1. The number of hydrogen-bond donors (Lipinski definition) is 1. The van der Waals surface area contributed by atoms with Gasteiger partial charge in [-0.3, -0.25) is 10.1 Å². The van der Waals surface area contributed by atoms with Gasteiger partial charge in [-0.2, -0.15) is 4.58 Å². The number of allylic oxidation sites excluding steroid dienone is 1. The standard InChI is InChI=1S/C37H31N3O3/c1-37(2)33-15-9-10-16-34(33)38(26-28-25-32(40(42)43)22-23-35(28)41)36(37)24-19-27-17-20-31(21-18-27)39(29-11-5-3-6-12-29)30-13-7-4-8-14-30/h3-25H,26H2,1-2H3/p+1. The van der Waals surface area contributed by atoms with Gasteiger partial charge in [0, 0.05) is 46.9 Å². The van der Waals surface area contributed by atoms with Crippen molar-refractivity contribution in [3.05, 3.63) is 160 Å². The molecule has 0 radical (unpaired) electrons. The molecule has 0 spiro atoms. The maximum absolute atomic E-state index is 11.4. The number of anilines is 3. The highest BCUT2D eigenvalue weighted by Gasteiger charge is 2.44. The van der Waals surface area contributed by atoms with Crippen LogP contribution in [-0.2, 0) is 12.0 Å². The summed E-state index contributed by atoms with van der Waals surface area (Å²) in [5.74, 6) is 0.0353. The van der Waals surface area contributed by atoms with Gasteiger partial charge in [0.1, 0.15) is 5.75 Å². The van der Waals surface area contributed by atoms with Gasteiger partial charge < -0.3 is 10.0 Å². The van der Waals surface area contributed by atoms with Crippen molar-refractivity contribution >= 4 is 40.2 Å². The number of phenolic OH excluding ortho intramolecular Hbond substituents is 1. The van der Waals surface area contributed by atoms with E-state index in [1.54, 1.807) is 0 Å². The highest BCUT2D eigenvalue weighted by molar-refractivity contribution is 6.05. The van der Waals surface area contributed by atoms with Crippen LogP contribution in [0, 0.1) is 10.1 Å². The second-order valence-corrected chi connectivity index (χ2v) is 11.1. The van der Waals surface area contributed by atoms with Gasteiger partial charge in [0.25, 0.3) is 5.69 Å². The first-order valence-electron chi connectivity index (χ1n) is 14.2. The molecule has 5 aromatic rings. The first-order valence-corrected chi connectivity index (χ1v) is 14.2. The Morgan fingerprint density at radius 1 is 0.767 bits per heavy atom. The lowest BCUT2D eigenvalue weighted by Gasteiger charge is -2.25. The van der Waals surface area contributed by atoms with Crippen molar-refractivity contribution in [2.24, 2.45) is 0 Å². The van der Waals surface area contributed by atoms with E-state index < -0.39 is 4.92 Å². The average Bonchev–Trinajstić information content (AvgIpc) is 3.24. The van der Waals surface area contributed by atoms with Crippen LogP contribution in [0.2, 0.25) is 0 Å². The molecule has 1 aliphatic rings. The molecule has 0 fully saturated rings. The van der Waals surface area contributed by atoms with Crippen molar-refractivity contribution in [3.8, 4) is 5.75 Å². The highest BCUT2D eigenvalue weighted by Crippen LogP contribution is 2.41. The first kappa shape index (κ1) is 27.7. The Kier molecular flexibility index (Phi) is 7.34. The lowest BCUT2D eigenvalue weighted by Crippen LogP contribution is -2.27. The number of benzene rings is 5. The molecule has 0 atom stereocenters. The molecule has 0 saturated carbocycles. The fourth-order valence-electron chi connectivity index (χ4n) is 5.80. The minimum absolute atomic E-state index is 0.0353. The Hall–Kier alpha value is -5.49. The summed E-state index contributed by atoms with van der Waals surface area (Å²) in [6.07, 6.45) is 4.22. The molecular weight excluding hydrogens is 534 g/mol. The van der Waals surface area contributed by atoms with Crippen molar-refractivity contribution in [1.29, 1.82) is 0 Å². The number of non-ortho nitro benzene ring substituents is 1. The predicted molar refractivity (Wildman–Crippen MR) is 173 cm³/mol. The molecule has 0 saturated heterocycles. The molecule has 0 aromatic heterocycles. The largest absolute Gasteiger partial charge is 0.507 e. The molecule has 6 heteroatoms. The van der Waals surface area contributed by atoms with E-state index in [-0.39, 0.29) is 16.9 Å². The SMILES string of the molecule is CC1(C)C(/C=C/c2ccc(N(c3ccccc3)c3ccccc3)cc2)=[N+](Cc2cc([N+](=O)[O-])ccc2O)c2ccccc21. The number of para-hydroxylation sites is 3. The predicted octanol–water partition coefficient (Wildman–Crippen LogP) is 9.06. The average molecular weight is 567 g/mol. The van der Waals surface area contributed by atoms with E-state index in [1.807, 2.05) is 48.5 Å². The van der Waals surface area contributed by atoms with E-state index in [1.165, 1.54) is 18.2 Å². The van der Waals surface area contributed by atoms with E-state index in [2.05, 4.69) is 96.1 Å². The molecule has 6 nitrogen and oxygen atoms in total. The van der Waals surface area contributed by atoms with Crippen molar-refractivity contribution in [1.82, 2.24) is 0 Å². The van der Waals surface area contributed by atoms with E-state index in [4.69, 9.17) is 0 Å². The van der Waals surface area contributed by atoms with Crippen LogP contribution >= 0.6 is 0 Å². The minimum atomic E-state index is -0.435. The van der Waals surface area contributed by atoms with E-state index in [9.17, 15) is 15.2 Å². The fourth-order valence-corrected chi connectivity index (χ4v) is 5.80. The van der Waals surface area contributed by atoms with Crippen LogP contribution in [0.1, 0.15) is 30.5 Å². The normalized spacial score (nSPS) is 13.7. The molecule has 0 bridgehead atoms. The molecule has 5 aromatic carbocycles. The van der Waals surface area contributed by atoms with E-state index in [0.29, 0.717) is 12.1 Å². The molecular formula is C37H32N3O3+. The zero-order valence-electron chi connectivity index (χ0n) is 24.1. The monoisotopic (exact) mass is 566 g/mol. The van der Waals surface area contributed by atoms with E-state index >= 15 is 0 Å². The van der Waals surface area contributed by atoms with Gasteiger partial charge >= 0.3 is 0 Å². The number of nitro groups is 1. The number of rotatable bonds is 8. The Balaban J connectivity index is 1.37. The molecule has 0 unspecified atom stereocenters. The van der Waals surface area contributed by atoms with Gasteiger partial charge in [-0.15, -0.1) is 0 Å². The van der Waals surface area contributed by atoms with Gasteiger partial charge in [-0.25, -0.2) is 0 Å². The summed E-state index contributed by atoms with van der Waals surface area (Å²) in [5.41, 5.74) is 7.62. The zero-order chi connectivity index (χ0) is 30.0. The number of aromatic hydroxyl groups is 1. The van der Waals surface area contributed by atoms with Gasteiger partial charge in [-0.05, 0) is 68.0 Å². The van der Waals surface area contributed by atoms with Crippen LogP contribution < -0.4 is 4.90 Å². The molecule has 212 valence electrons. The van der Waals surface area contributed by atoms with Crippen molar-refractivity contribution in [2.75, 3.05) is 4.90 Å². The lowest BCUT2D eigenvalue weighted by molar-refractivity contribution is -0.455. The van der Waals surface area contributed by atoms with Crippen molar-refractivity contribution in [2.45, 2.75) is 25.8 Å². The third-order valence-electron chi connectivity index (χ3n) is 8.02. The fraction of sp³-hybridized carbons (Fsp3) is 0.108. The van der Waals surface area contributed by atoms with Gasteiger partial charge in [0.05, 0.1) is 15.9 Å². The summed E-state index contributed by atoms with van der Waals surface area (Å²) in [6.45, 7) is 4.66. The molecule has 1 N–H and O–H groups in total. The highest BCUT2D eigenvalue weighted by atomic mass is 16.6. The van der Waals surface area contributed by atoms with E-state index in [0.717, 1.165) is 39.6 Å². The summed E-state index contributed by atoms with van der Waals surface area (Å²) in [7, 11) is 0. The Morgan fingerprint density at radius 2 is 1.35 bits per heavy atom. The van der Waals surface area contributed by atoms with Gasteiger partial charge in [0.15, 0.2) is 12.3 Å². The molecule has 43 heavy (non-hydrogen) atoms. The molecule has 6 rings (SSSR count).